The molecule has 1 heterocycles. The summed E-state index contributed by atoms with van der Waals surface area (Å²) in [4.78, 5) is 14.4. The number of nitrogens with zero attached hydrogens (tertiary/aromatic N) is 1. The average Bonchev–Trinajstić information content (AvgIpc) is 2.45. The summed E-state index contributed by atoms with van der Waals surface area (Å²) in [5.41, 5.74) is 1.40. The van der Waals surface area contributed by atoms with Gasteiger partial charge in [0, 0.05) is 0 Å². The van der Waals surface area contributed by atoms with Crippen LogP contribution in [0.25, 0.3) is 0 Å². The van der Waals surface area contributed by atoms with E-state index in [1.807, 2.05) is 6.92 Å². The van der Waals surface area contributed by atoms with E-state index in [2.05, 4.69) is 31.7 Å². The van der Waals surface area contributed by atoms with Crippen LogP contribution < -0.4 is 0 Å². The van der Waals surface area contributed by atoms with Gasteiger partial charge in [0.25, 0.3) is 0 Å². The fraction of sp³-hybridized carbons (Fsp3) is 0.833. The van der Waals surface area contributed by atoms with Crippen molar-refractivity contribution in [3.05, 3.63) is 11.6 Å². The van der Waals surface area contributed by atoms with Crippen LogP contribution in [0.15, 0.2) is 11.6 Å². The molecule has 3 heteroatoms. The molecule has 21 heavy (non-hydrogen) atoms. The largest absolute Gasteiger partial charge is 0.465 e. The number of allylic oxidation sites excluding steroid dienone is 2. The van der Waals surface area contributed by atoms with Gasteiger partial charge in [-0.25, -0.2) is 0 Å². The smallest absolute Gasteiger partial charge is 0.323 e. The van der Waals surface area contributed by atoms with E-state index in [1.165, 1.54) is 31.3 Å². The van der Waals surface area contributed by atoms with E-state index in [4.69, 9.17) is 4.74 Å². The summed E-state index contributed by atoms with van der Waals surface area (Å²) in [6.45, 7) is 11.1. The van der Waals surface area contributed by atoms with Crippen molar-refractivity contribution in [3.8, 4) is 0 Å². The zero-order chi connectivity index (χ0) is 15.7. The molecular formula is C18H33NO2. The lowest BCUT2D eigenvalue weighted by molar-refractivity contribution is -0.151. The zero-order valence-electron chi connectivity index (χ0n) is 14.4. The first kappa shape index (κ1) is 18.2. The number of hydrogen-bond acceptors (Lipinski definition) is 3. The van der Waals surface area contributed by atoms with Crippen LogP contribution in [0.1, 0.15) is 66.2 Å². The first-order valence-corrected chi connectivity index (χ1v) is 8.58. The lowest BCUT2D eigenvalue weighted by Gasteiger charge is -2.34. The summed E-state index contributed by atoms with van der Waals surface area (Å²) in [7, 11) is 0. The van der Waals surface area contributed by atoms with E-state index in [1.54, 1.807) is 0 Å². The van der Waals surface area contributed by atoms with Crippen molar-refractivity contribution < 1.29 is 9.53 Å². The molecule has 0 aromatic rings. The third kappa shape index (κ3) is 7.12. The molecule has 122 valence electrons. The van der Waals surface area contributed by atoms with Crippen molar-refractivity contribution in [3.63, 3.8) is 0 Å². The highest BCUT2D eigenvalue weighted by atomic mass is 16.5. The highest BCUT2D eigenvalue weighted by Crippen LogP contribution is 2.20. The van der Waals surface area contributed by atoms with Gasteiger partial charge in [0.05, 0.1) is 6.61 Å². The minimum absolute atomic E-state index is 0.00341. The molecule has 1 aliphatic rings. The molecule has 0 N–H and O–H groups in total. The molecule has 0 radical (unpaired) electrons. The van der Waals surface area contributed by atoms with Crippen LogP contribution in [0.3, 0.4) is 0 Å². The van der Waals surface area contributed by atoms with Crippen molar-refractivity contribution in [2.24, 2.45) is 5.92 Å². The number of esters is 1. The second-order valence-corrected chi connectivity index (χ2v) is 6.55. The minimum atomic E-state index is -0.0191. The van der Waals surface area contributed by atoms with E-state index in [9.17, 15) is 4.79 Å². The molecule has 1 saturated heterocycles. The van der Waals surface area contributed by atoms with Crippen LogP contribution in [-0.4, -0.2) is 36.6 Å². The Morgan fingerprint density at radius 3 is 2.76 bits per heavy atom. The topological polar surface area (TPSA) is 29.5 Å². The van der Waals surface area contributed by atoms with Gasteiger partial charge in [-0.2, -0.15) is 0 Å². The number of rotatable bonds is 8. The van der Waals surface area contributed by atoms with Crippen LogP contribution in [-0.2, 0) is 9.53 Å². The molecule has 0 aromatic heterocycles. The van der Waals surface area contributed by atoms with Gasteiger partial charge in [-0.3, -0.25) is 9.69 Å². The lowest BCUT2D eigenvalue weighted by Crippen LogP contribution is -2.46. The first-order valence-electron chi connectivity index (χ1n) is 8.58. The quantitative estimate of drug-likeness (QED) is 0.497. The van der Waals surface area contributed by atoms with Crippen LogP contribution in [0.4, 0.5) is 0 Å². The summed E-state index contributed by atoms with van der Waals surface area (Å²) < 4.78 is 5.22. The van der Waals surface area contributed by atoms with Crippen molar-refractivity contribution in [1.29, 1.82) is 0 Å². The first-order chi connectivity index (χ1) is 10.0. The number of carbonyl (C=O) groups is 1. The van der Waals surface area contributed by atoms with Crippen LogP contribution >= 0.6 is 0 Å². The number of carbonyl (C=O) groups excluding carboxylic acids is 1. The van der Waals surface area contributed by atoms with Crippen LogP contribution in [0.5, 0.6) is 0 Å². The molecule has 2 unspecified atom stereocenters. The lowest BCUT2D eigenvalue weighted by atomic mass is 9.97. The number of likely N-dealkylation sites (tertiary alicyclic amines) is 1. The number of piperidine rings is 1. The van der Waals surface area contributed by atoms with Crippen LogP contribution in [0, 0.1) is 5.92 Å². The third-order valence-corrected chi connectivity index (χ3v) is 4.29. The molecule has 0 aliphatic carbocycles. The third-order valence-electron chi connectivity index (χ3n) is 4.29. The number of ether oxygens (including phenoxy) is 1. The molecule has 3 nitrogen and oxygen atoms in total. The van der Waals surface area contributed by atoms with Gasteiger partial charge < -0.3 is 4.74 Å². The molecule has 0 bridgehead atoms. The Bertz CT molecular complexity index is 334. The van der Waals surface area contributed by atoms with Gasteiger partial charge in [0.2, 0.25) is 0 Å². The monoisotopic (exact) mass is 295 g/mol. The summed E-state index contributed by atoms with van der Waals surface area (Å²) in [5.74, 6) is 0.694. The van der Waals surface area contributed by atoms with Gasteiger partial charge in [-0.1, -0.05) is 25.0 Å². The summed E-state index contributed by atoms with van der Waals surface area (Å²) in [5, 5.41) is 0. The molecule has 0 amide bonds. The molecule has 1 fully saturated rings. The van der Waals surface area contributed by atoms with Gasteiger partial charge in [-0.15, -0.1) is 0 Å². The molecule has 0 aromatic carbocycles. The second kappa shape index (κ2) is 9.99. The number of hydrogen-bond donors (Lipinski definition) is 0. The Morgan fingerprint density at radius 2 is 2.10 bits per heavy atom. The molecule has 1 aliphatic heterocycles. The van der Waals surface area contributed by atoms with Crippen molar-refractivity contribution in [1.82, 2.24) is 4.90 Å². The maximum Gasteiger partial charge on any atom is 0.323 e. The molecule has 0 spiro atoms. The van der Waals surface area contributed by atoms with Gasteiger partial charge in [0.1, 0.15) is 6.04 Å². The summed E-state index contributed by atoms with van der Waals surface area (Å²) >= 11 is 0. The van der Waals surface area contributed by atoms with E-state index in [0.717, 1.165) is 25.9 Å². The van der Waals surface area contributed by atoms with Crippen LogP contribution in [0.2, 0.25) is 0 Å². The summed E-state index contributed by atoms with van der Waals surface area (Å²) in [6.07, 6.45) is 9.22. The Morgan fingerprint density at radius 1 is 1.33 bits per heavy atom. The average molecular weight is 295 g/mol. The summed E-state index contributed by atoms with van der Waals surface area (Å²) in [6, 6.07) is 0.00341. The van der Waals surface area contributed by atoms with Gasteiger partial charge in [0.15, 0.2) is 0 Å². The molecule has 0 saturated carbocycles. The fourth-order valence-electron chi connectivity index (χ4n) is 2.95. The highest BCUT2D eigenvalue weighted by Gasteiger charge is 2.29. The van der Waals surface area contributed by atoms with E-state index in [-0.39, 0.29) is 12.0 Å². The van der Waals surface area contributed by atoms with E-state index in [0.29, 0.717) is 12.5 Å². The maximum absolute atomic E-state index is 12.0. The van der Waals surface area contributed by atoms with Gasteiger partial charge in [-0.05, 0) is 71.9 Å². The van der Waals surface area contributed by atoms with Crippen molar-refractivity contribution in [2.45, 2.75) is 72.3 Å². The van der Waals surface area contributed by atoms with E-state index >= 15 is 0 Å². The maximum atomic E-state index is 12.0. The molecule has 1 rings (SSSR count). The highest BCUT2D eigenvalue weighted by molar-refractivity contribution is 5.75. The second-order valence-electron chi connectivity index (χ2n) is 6.55. The predicted octanol–water partition coefficient (Wildman–Crippen LogP) is 4.18. The normalized spacial score (nSPS) is 20.9. The fourth-order valence-corrected chi connectivity index (χ4v) is 2.95. The predicted molar refractivity (Wildman–Crippen MR) is 88.3 cm³/mol. The zero-order valence-corrected chi connectivity index (χ0v) is 14.4. The molecule has 2 atom stereocenters. The van der Waals surface area contributed by atoms with E-state index < -0.39 is 0 Å². The Kier molecular flexibility index (Phi) is 8.67. The SMILES string of the molecule is CCOC(=O)C1CCCCN1CCC(C)CCC=C(C)C. The van der Waals surface area contributed by atoms with Crippen molar-refractivity contribution in [2.75, 3.05) is 19.7 Å². The van der Waals surface area contributed by atoms with Gasteiger partial charge >= 0.3 is 5.97 Å². The molecular weight excluding hydrogens is 262 g/mol. The van der Waals surface area contributed by atoms with Crippen molar-refractivity contribution >= 4 is 5.97 Å². The standard InChI is InChI=1S/C18H33NO2/c1-5-21-18(20)17-11-6-7-13-19(17)14-12-16(4)10-8-9-15(2)3/h9,16-17H,5-8,10-14H2,1-4H3. The Balaban J connectivity index is 2.36. The Labute approximate surface area is 130 Å². The Hall–Kier alpha value is -0.830. The minimum Gasteiger partial charge on any atom is -0.465 e.